The van der Waals surface area contributed by atoms with Gasteiger partial charge in [0.05, 0.1) is 19.3 Å². The van der Waals surface area contributed by atoms with E-state index in [1.165, 1.54) is 0 Å². The maximum atomic E-state index is 9.93. The number of imidazole rings is 1. The van der Waals surface area contributed by atoms with Crippen LogP contribution in [0.4, 0.5) is 0 Å². The van der Waals surface area contributed by atoms with E-state index in [2.05, 4.69) is 30.2 Å². The molecule has 0 aliphatic carbocycles. The Morgan fingerprint density at radius 3 is 2.57 bits per heavy atom. The number of fused-ring (bicyclic) bond motifs is 1. The van der Waals surface area contributed by atoms with Crippen LogP contribution in [0.15, 0.2) is 36.7 Å². The van der Waals surface area contributed by atoms with Crippen LogP contribution in [0.2, 0.25) is 0 Å². The molecule has 3 N–H and O–H groups in total. The van der Waals surface area contributed by atoms with Gasteiger partial charge in [0.2, 0.25) is 5.82 Å². The van der Waals surface area contributed by atoms with Gasteiger partial charge in [0, 0.05) is 23.5 Å². The van der Waals surface area contributed by atoms with E-state index in [4.69, 9.17) is 19.4 Å². The van der Waals surface area contributed by atoms with Crippen molar-refractivity contribution in [2.75, 3.05) is 13.2 Å². The number of H-pyrrole nitrogens is 1. The minimum Gasteiger partial charge on any atom is -0.483 e. The molecule has 0 spiro atoms. The summed E-state index contributed by atoms with van der Waals surface area (Å²) in [4.78, 5) is 12.9. The summed E-state index contributed by atoms with van der Waals surface area (Å²) < 4.78 is 13.5. The molecule has 4 heterocycles. The van der Waals surface area contributed by atoms with Gasteiger partial charge in [-0.15, -0.1) is 10.2 Å². The number of rotatable bonds is 3. The van der Waals surface area contributed by atoms with Gasteiger partial charge in [-0.05, 0) is 5.21 Å². The first-order chi connectivity index (χ1) is 13.7. The summed E-state index contributed by atoms with van der Waals surface area (Å²) in [6, 6.07) is 7.81. The zero-order valence-electron chi connectivity index (χ0n) is 14.6. The first-order valence-electron chi connectivity index (χ1n) is 8.59. The topological polar surface area (TPSA) is 148 Å². The Balaban J connectivity index is 0.000000604. The molecule has 1 aromatic carbocycles. The molecule has 0 unspecified atom stereocenters. The number of carbonyl (C=O) groups is 1. The standard InChI is InChI=1S/C16H16N6O3.CH2O2/c23-12-8-25-13-11(7-24-14(12)13)22-6-5-17-16(22)10-3-1-9(2-4-10)15-18-20-21-19-15;2-1-3/h1-6,11-14,23H,7-8H2,(H,18,19,20,21);1H,(H,2,3)/t11-,12+,13+,14+;/m0./s1. The average Bonchev–Trinajstić information content (AvgIpc) is 3.49. The van der Waals surface area contributed by atoms with E-state index in [1.54, 1.807) is 6.20 Å². The second-order valence-corrected chi connectivity index (χ2v) is 6.31. The molecule has 2 aliphatic rings. The molecular formula is C17H18N6O5. The van der Waals surface area contributed by atoms with E-state index in [-0.39, 0.29) is 24.7 Å². The Bertz CT molecular complexity index is 913. The number of tetrazole rings is 1. The summed E-state index contributed by atoms with van der Waals surface area (Å²) in [7, 11) is 0. The Kier molecular flexibility index (Phi) is 5.10. The number of aromatic nitrogens is 6. The maximum Gasteiger partial charge on any atom is 0.290 e. The molecule has 0 amide bonds. The van der Waals surface area contributed by atoms with Crippen molar-refractivity contribution in [3.05, 3.63) is 36.7 Å². The molecule has 2 saturated heterocycles. The molecule has 0 radical (unpaired) electrons. The number of ether oxygens (including phenoxy) is 2. The summed E-state index contributed by atoms with van der Waals surface area (Å²) >= 11 is 0. The predicted octanol–water partition coefficient (Wildman–Crippen LogP) is 0.131. The van der Waals surface area contributed by atoms with Crippen LogP contribution in [0, 0.1) is 0 Å². The Morgan fingerprint density at radius 1 is 1.14 bits per heavy atom. The summed E-state index contributed by atoms with van der Waals surface area (Å²) in [5.74, 6) is 1.38. The highest BCUT2D eigenvalue weighted by Crippen LogP contribution is 2.36. The smallest absolute Gasteiger partial charge is 0.290 e. The summed E-state index contributed by atoms with van der Waals surface area (Å²) in [6.45, 7) is 0.561. The lowest BCUT2D eigenvalue weighted by atomic mass is 10.1. The Hall–Kier alpha value is -3.15. The normalized spacial score (nSPS) is 25.8. The van der Waals surface area contributed by atoms with Gasteiger partial charge < -0.3 is 24.3 Å². The molecule has 3 aromatic rings. The molecule has 4 atom stereocenters. The lowest BCUT2D eigenvalue weighted by molar-refractivity contribution is -0.122. The van der Waals surface area contributed by atoms with Crippen LogP contribution in [0.25, 0.3) is 22.8 Å². The van der Waals surface area contributed by atoms with Crippen molar-refractivity contribution in [2.45, 2.75) is 24.4 Å². The van der Waals surface area contributed by atoms with Gasteiger partial charge in [0.1, 0.15) is 24.1 Å². The molecule has 2 aliphatic heterocycles. The number of aliphatic hydroxyl groups excluding tert-OH is 1. The third-order valence-electron chi connectivity index (χ3n) is 4.77. The first kappa shape index (κ1) is 18.2. The van der Waals surface area contributed by atoms with Gasteiger partial charge in [-0.25, -0.2) is 4.98 Å². The Morgan fingerprint density at radius 2 is 1.86 bits per heavy atom. The van der Waals surface area contributed by atoms with Crippen molar-refractivity contribution in [3.8, 4) is 22.8 Å². The van der Waals surface area contributed by atoms with Crippen molar-refractivity contribution in [1.82, 2.24) is 30.2 Å². The van der Waals surface area contributed by atoms with E-state index in [0.717, 1.165) is 17.0 Å². The van der Waals surface area contributed by atoms with E-state index >= 15 is 0 Å². The van der Waals surface area contributed by atoms with Crippen molar-refractivity contribution in [2.24, 2.45) is 0 Å². The van der Waals surface area contributed by atoms with Gasteiger partial charge in [0.25, 0.3) is 6.47 Å². The fraction of sp³-hybridized carbons (Fsp3) is 0.353. The number of nitrogens with one attached hydrogen (secondary N) is 1. The van der Waals surface area contributed by atoms with Gasteiger partial charge in [-0.1, -0.05) is 24.3 Å². The minimum atomic E-state index is -0.559. The number of aromatic amines is 1. The molecule has 11 heteroatoms. The summed E-state index contributed by atoms with van der Waals surface area (Å²) in [5, 5.41) is 30.8. The van der Waals surface area contributed by atoms with Gasteiger partial charge >= 0.3 is 0 Å². The van der Waals surface area contributed by atoms with Gasteiger partial charge in [0.15, 0.2) is 0 Å². The third kappa shape index (κ3) is 3.26. The van der Waals surface area contributed by atoms with Crippen LogP contribution in [0.3, 0.4) is 0 Å². The van der Waals surface area contributed by atoms with E-state index in [1.807, 2.05) is 30.5 Å². The molecule has 146 valence electrons. The lowest BCUT2D eigenvalue weighted by Gasteiger charge is -2.19. The number of aliphatic hydroxyl groups is 1. The highest BCUT2D eigenvalue weighted by atomic mass is 16.6. The quantitative estimate of drug-likeness (QED) is 0.534. The van der Waals surface area contributed by atoms with E-state index < -0.39 is 6.10 Å². The molecule has 2 fully saturated rings. The summed E-state index contributed by atoms with van der Waals surface area (Å²) in [5.41, 5.74) is 1.85. The van der Waals surface area contributed by atoms with Gasteiger partial charge in [-0.3, -0.25) is 4.79 Å². The number of benzene rings is 1. The van der Waals surface area contributed by atoms with E-state index in [9.17, 15) is 5.11 Å². The van der Waals surface area contributed by atoms with Crippen molar-refractivity contribution >= 4 is 6.47 Å². The van der Waals surface area contributed by atoms with Crippen LogP contribution in [-0.4, -0.2) is 78.4 Å². The molecule has 2 aromatic heterocycles. The Labute approximate surface area is 158 Å². The van der Waals surface area contributed by atoms with Crippen LogP contribution < -0.4 is 0 Å². The predicted molar refractivity (Wildman–Crippen MR) is 94.1 cm³/mol. The molecule has 11 nitrogen and oxygen atoms in total. The summed E-state index contributed by atoms with van der Waals surface area (Å²) in [6.07, 6.45) is 2.72. The minimum absolute atomic E-state index is 0.00321. The van der Waals surface area contributed by atoms with E-state index in [0.29, 0.717) is 19.0 Å². The van der Waals surface area contributed by atoms with Crippen LogP contribution in [0.1, 0.15) is 6.04 Å². The lowest BCUT2D eigenvalue weighted by Crippen LogP contribution is -2.30. The molecule has 5 rings (SSSR count). The zero-order valence-corrected chi connectivity index (χ0v) is 14.6. The second-order valence-electron chi connectivity index (χ2n) is 6.31. The average molecular weight is 386 g/mol. The molecule has 0 saturated carbocycles. The highest BCUT2D eigenvalue weighted by Gasteiger charge is 2.48. The molecule has 28 heavy (non-hydrogen) atoms. The maximum absolute atomic E-state index is 9.93. The highest BCUT2D eigenvalue weighted by molar-refractivity contribution is 5.63. The van der Waals surface area contributed by atoms with Crippen molar-refractivity contribution < 1.29 is 24.5 Å². The molecule has 0 bridgehead atoms. The van der Waals surface area contributed by atoms with Crippen molar-refractivity contribution in [3.63, 3.8) is 0 Å². The monoisotopic (exact) mass is 386 g/mol. The fourth-order valence-corrected chi connectivity index (χ4v) is 3.55. The SMILES string of the molecule is O=CO.O[C@@H]1CO[C@H]2[C@@H]1OC[C@@H]2n1ccnc1-c1ccc(-c2nn[nH]n2)cc1. The third-order valence-corrected chi connectivity index (χ3v) is 4.77. The molecular weight excluding hydrogens is 368 g/mol. The number of hydrogen-bond donors (Lipinski definition) is 3. The zero-order chi connectivity index (χ0) is 19.5. The number of nitrogens with zero attached hydrogens (tertiary/aromatic N) is 5. The van der Waals surface area contributed by atoms with Crippen LogP contribution in [-0.2, 0) is 14.3 Å². The first-order valence-corrected chi connectivity index (χ1v) is 8.59. The fourth-order valence-electron chi connectivity index (χ4n) is 3.55. The van der Waals surface area contributed by atoms with Gasteiger partial charge in [-0.2, -0.15) is 5.21 Å². The number of hydrogen-bond acceptors (Lipinski definition) is 8. The van der Waals surface area contributed by atoms with Crippen molar-refractivity contribution in [1.29, 1.82) is 0 Å². The van der Waals surface area contributed by atoms with Crippen LogP contribution in [0.5, 0.6) is 0 Å². The largest absolute Gasteiger partial charge is 0.483 e. The van der Waals surface area contributed by atoms with Crippen LogP contribution >= 0.6 is 0 Å². The number of carboxylic acid groups (broad SMARTS) is 1. The second kappa shape index (κ2) is 7.84.